The number of carbonyl (C=O) groups excluding carboxylic acids is 3. The van der Waals surface area contributed by atoms with E-state index in [0.717, 1.165) is 18.9 Å². The molecule has 5 heterocycles. The highest BCUT2D eigenvalue weighted by Crippen LogP contribution is 2.41. The third kappa shape index (κ3) is 17.0. The maximum atomic E-state index is 13.6. The predicted octanol–water partition coefficient (Wildman–Crippen LogP) is -11.7. The molecule has 0 aromatic carbocycles. The molecule has 5 aliphatic heterocycles. The Bertz CT molecular complexity index is 2000. The summed E-state index contributed by atoms with van der Waals surface area (Å²) in [6.45, 7) is -3.34. The van der Waals surface area contributed by atoms with Gasteiger partial charge in [-0.2, -0.15) is 17.7 Å². The zero-order valence-corrected chi connectivity index (χ0v) is 45.7. The number of thiol groups is 1. The third-order valence-electron chi connectivity index (χ3n) is 14.1. The number of likely N-dealkylation sites (N-methyl/N-ethyl adjacent to an activating group) is 1. The number of hydrogen-bond donors (Lipinski definition) is 20. The number of carboxylic acids is 1. The number of carboxylic acid groups (broad SMARTS) is 1. The van der Waals surface area contributed by atoms with Crippen LogP contribution in [0.1, 0.15) is 33.1 Å². The van der Waals surface area contributed by atoms with Gasteiger partial charge in [-0.25, -0.2) is 4.79 Å². The maximum Gasteiger partial charge on any atom is 0.364 e. The molecule has 35 nitrogen and oxygen atoms in total. The van der Waals surface area contributed by atoms with Crippen molar-refractivity contribution in [3.63, 3.8) is 0 Å². The van der Waals surface area contributed by atoms with Crippen LogP contribution in [-0.2, 0) is 71.4 Å². The molecule has 3 amide bonds. The molecule has 0 aromatic rings. The normalized spacial score (nSPS) is 40.7. The topological polar surface area (TPSA) is 533 Å². The maximum absolute atomic E-state index is 13.6. The molecule has 5 saturated heterocycles. The standard InChI is InChI=1S/C46H80N4O31S/c1-17(56)48-26-19(58)11-46(45(69)70,80-39(26)28(61)20(59)12-51)81-40-35(68)44(77-36-23(15-54)73-41(33(66)32(36)65)50(3)72-9-8-71-7-6-47-25(60)5-4-10-82)76-24(16-55)37(40)78-42-27(49-18(2)57)38(30(63)22(14-53)74-42)79-43-34(67)31(64)29(62)21(13-52)75-43/h19-24,26-44,51-55,58-59,61-68,82H,4-16H2,1-3H3,(H,47,60)(H,48,56)(H,49,57)(H,69,70)/t19?,20-,21?,22?,23?,24?,26-,27?,28-,29+,30?,31?,32?,33?,34?,35?,36-,37+,38?,39?,40?,41-,42+,43+,44+,46+/m1/s1. The summed E-state index contributed by atoms with van der Waals surface area (Å²) in [6, 6.07) is -3.63. The van der Waals surface area contributed by atoms with Gasteiger partial charge >= 0.3 is 5.97 Å². The van der Waals surface area contributed by atoms with Gasteiger partial charge in [0, 0.05) is 40.3 Å². The summed E-state index contributed by atoms with van der Waals surface area (Å²) < 4.78 is 58.7. The van der Waals surface area contributed by atoms with Crippen LogP contribution in [0.3, 0.4) is 0 Å². The molecule has 82 heavy (non-hydrogen) atoms. The van der Waals surface area contributed by atoms with Crippen LogP contribution in [0.25, 0.3) is 0 Å². The van der Waals surface area contributed by atoms with E-state index in [1.165, 1.54) is 7.05 Å². The van der Waals surface area contributed by atoms with E-state index in [4.69, 9.17) is 52.2 Å². The average Bonchev–Trinajstić information content (AvgIpc) is 3.31. The number of rotatable bonds is 29. The van der Waals surface area contributed by atoms with Gasteiger partial charge in [-0.3, -0.25) is 19.2 Å². The quantitative estimate of drug-likeness (QED) is 0.0188. The summed E-state index contributed by atoms with van der Waals surface area (Å²) in [5.41, 5.74) is 0. The van der Waals surface area contributed by atoms with E-state index < -0.39 is 216 Å². The predicted molar refractivity (Wildman–Crippen MR) is 265 cm³/mol. The first-order chi connectivity index (χ1) is 38.8. The number of carbonyl (C=O) groups is 4. The first-order valence-corrected chi connectivity index (χ1v) is 26.8. The summed E-state index contributed by atoms with van der Waals surface area (Å²) in [7, 11) is 1.30. The van der Waals surface area contributed by atoms with Gasteiger partial charge in [0.15, 0.2) is 25.1 Å². The van der Waals surface area contributed by atoms with Crippen LogP contribution in [0.15, 0.2) is 0 Å². The first-order valence-electron chi connectivity index (χ1n) is 26.2. The van der Waals surface area contributed by atoms with E-state index in [2.05, 4.69) is 28.6 Å². The molecule has 0 saturated carbocycles. The van der Waals surface area contributed by atoms with Crippen LogP contribution in [-0.4, -0.2) is 342 Å². The summed E-state index contributed by atoms with van der Waals surface area (Å²) >= 11 is 4.07. The minimum atomic E-state index is -3.35. The molecule has 0 spiro atoms. The van der Waals surface area contributed by atoms with Crippen LogP contribution in [0, 0.1) is 0 Å². The molecule has 15 unspecified atom stereocenters. The van der Waals surface area contributed by atoms with Crippen molar-refractivity contribution in [2.45, 2.75) is 192 Å². The highest BCUT2D eigenvalue weighted by atomic mass is 32.1. The lowest BCUT2D eigenvalue weighted by Gasteiger charge is -2.53. The third-order valence-corrected chi connectivity index (χ3v) is 14.4. The molecule has 5 rings (SSSR count). The molecule has 0 aliphatic carbocycles. The highest BCUT2D eigenvalue weighted by molar-refractivity contribution is 7.80. The Morgan fingerprint density at radius 1 is 0.646 bits per heavy atom. The molecule has 5 aliphatic rings. The lowest BCUT2D eigenvalue weighted by molar-refractivity contribution is -0.404. The molecular formula is C46H80N4O31S. The number of aliphatic hydroxyl groups is 15. The molecule has 0 bridgehead atoms. The average molecular weight is 1220 g/mol. The Hall–Kier alpha value is -2.85. The Morgan fingerprint density at radius 3 is 1.80 bits per heavy atom. The van der Waals surface area contributed by atoms with E-state index >= 15 is 0 Å². The second-order valence-corrected chi connectivity index (χ2v) is 20.5. The number of aliphatic hydroxyl groups excluding tert-OH is 15. The summed E-state index contributed by atoms with van der Waals surface area (Å²) in [4.78, 5) is 56.2. The first kappa shape index (κ1) is 69.9. The van der Waals surface area contributed by atoms with Crippen LogP contribution in [0.2, 0.25) is 0 Å². The summed E-state index contributed by atoms with van der Waals surface area (Å²) in [6.07, 6.45) is -47.3. The van der Waals surface area contributed by atoms with Crippen molar-refractivity contribution in [1.82, 2.24) is 21.0 Å². The number of hydrogen-bond acceptors (Lipinski definition) is 32. The number of nitrogens with one attached hydrogen (secondary N) is 3. The van der Waals surface area contributed by atoms with Crippen molar-refractivity contribution >= 4 is 36.3 Å². The van der Waals surface area contributed by atoms with Crippen molar-refractivity contribution in [2.75, 3.05) is 72.2 Å². The molecule has 476 valence electrons. The largest absolute Gasteiger partial charge is 0.477 e. The Balaban J connectivity index is 1.50. The zero-order chi connectivity index (χ0) is 60.9. The van der Waals surface area contributed by atoms with E-state index in [-0.39, 0.29) is 32.3 Å². The summed E-state index contributed by atoms with van der Waals surface area (Å²) in [5.74, 6) is -6.92. The molecule has 36 heteroatoms. The fourth-order valence-electron chi connectivity index (χ4n) is 9.84. The highest BCUT2D eigenvalue weighted by Gasteiger charge is 2.62. The van der Waals surface area contributed by atoms with Crippen molar-refractivity contribution < 1.29 is 153 Å². The van der Waals surface area contributed by atoms with Gasteiger partial charge in [-0.05, 0) is 12.2 Å². The lowest BCUT2D eigenvalue weighted by Crippen LogP contribution is -2.72. The molecule has 0 radical (unpaired) electrons. The van der Waals surface area contributed by atoms with Crippen LogP contribution in [0.4, 0.5) is 0 Å². The van der Waals surface area contributed by atoms with Crippen LogP contribution >= 0.6 is 12.6 Å². The fourth-order valence-corrected chi connectivity index (χ4v) is 10.00. The number of aliphatic carboxylic acids is 1. The van der Waals surface area contributed by atoms with Gasteiger partial charge in [-0.1, -0.05) is 0 Å². The van der Waals surface area contributed by atoms with Gasteiger partial charge in [0.05, 0.1) is 65.0 Å². The van der Waals surface area contributed by atoms with Gasteiger partial charge in [-0.15, -0.1) is 0 Å². The molecule has 26 atom stereocenters. The van der Waals surface area contributed by atoms with Crippen LogP contribution in [0.5, 0.6) is 0 Å². The second kappa shape index (κ2) is 32.2. The molecule has 19 N–H and O–H groups in total. The van der Waals surface area contributed by atoms with Gasteiger partial charge in [0.2, 0.25) is 17.7 Å². The second-order valence-electron chi connectivity index (χ2n) is 20.0. The van der Waals surface area contributed by atoms with E-state index in [9.17, 15) is 101 Å². The number of ether oxygens (including phenoxy) is 10. The van der Waals surface area contributed by atoms with Crippen molar-refractivity contribution in [1.29, 1.82) is 0 Å². The minimum Gasteiger partial charge on any atom is -0.477 e. The Morgan fingerprint density at radius 2 is 1.21 bits per heavy atom. The SMILES string of the molecule is CC(=O)NC1C(O[C@@H]2OC(CO)[C@H](O)C(O)C2O)C(O)C(CO)O[C@H]1O[C@H]1C(CO)O[C@@H](O[C@@H]2C(CO)O[C@@H](N(C)OCCOCCNC(=O)CCCS)C(O)C2O)C(O)C1O[C@]1(C(=O)O)CC(O)[C@@H](NC(C)=O)C([C@H](O)[C@H](O)CO)O1. The molecular weight excluding hydrogens is 1140 g/mol. The van der Waals surface area contributed by atoms with Crippen molar-refractivity contribution in [2.24, 2.45) is 0 Å². The van der Waals surface area contributed by atoms with Gasteiger partial charge in [0.25, 0.3) is 5.79 Å². The van der Waals surface area contributed by atoms with Gasteiger partial charge in [0.1, 0.15) is 116 Å². The fraction of sp³-hybridized carbons (Fsp3) is 0.913. The number of hydroxylamine groups is 2. The lowest BCUT2D eigenvalue weighted by atomic mass is 9.88. The smallest absolute Gasteiger partial charge is 0.364 e. The number of amides is 3. The molecule has 5 fully saturated rings. The monoisotopic (exact) mass is 1220 g/mol. The van der Waals surface area contributed by atoms with Crippen LogP contribution < -0.4 is 16.0 Å². The van der Waals surface area contributed by atoms with E-state index in [1.54, 1.807) is 0 Å². The van der Waals surface area contributed by atoms with Crippen molar-refractivity contribution in [3.8, 4) is 0 Å². The Labute approximate surface area is 473 Å². The van der Waals surface area contributed by atoms with E-state index in [0.29, 0.717) is 18.6 Å². The van der Waals surface area contributed by atoms with Crippen molar-refractivity contribution in [3.05, 3.63) is 0 Å². The van der Waals surface area contributed by atoms with E-state index in [1.807, 2.05) is 0 Å². The Kier molecular flexibility index (Phi) is 27.5. The number of nitrogens with zero attached hydrogens (tertiary/aromatic N) is 1. The molecule has 0 aromatic heterocycles. The summed E-state index contributed by atoms with van der Waals surface area (Å²) in [5, 5.41) is 183. The zero-order valence-electron chi connectivity index (χ0n) is 44.8. The minimum absolute atomic E-state index is 0.0234. The van der Waals surface area contributed by atoms with Gasteiger partial charge < -0.3 is 145 Å².